The highest BCUT2D eigenvalue weighted by atomic mass is 35.5. The van der Waals surface area contributed by atoms with Crippen molar-refractivity contribution in [2.24, 2.45) is 11.8 Å². The molecule has 3 rings (SSSR count). The number of pyridine rings is 1. The maximum atomic E-state index is 13.1. The van der Waals surface area contributed by atoms with E-state index < -0.39 is 15.9 Å². The number of rotatable bonds is 4. The van der Waals surface area contributed by atoms with Crippen LogP contribution in [0.1, 0.15) is 30.6 Å². The first kappa shape index (κ1) is 19.8. The van der Waals surface area contributed by atoms with Crippen LogP contribution in [-0.4, -0.2) is 36.7 Å². The smallest absolute Gasteiger partial charge is 0.257 e. The van der Waals surface area contributed by atoms with Gasteiger partial charge in [0.1, 0.15) is 0 Å². The average Bonchev–Trinajstić information content (AvgIpc) is 2.62. The molecule has 0 bridgehead atoms. The summed E-state index contributed by atoms with van der Waals surface area (Å²) < 4.78 is 27.6. The van der Waals surface area contributed by atoms with E-state index in [4.69, 9.17) is 11.6 Å². The zero-order valence-corrected chi connectivity index (χ0v) is 16.8. The quantitative estimate of drug-likeness (QED) is 0.838. The predicted octanol–water partition coefficient (Wildman–Crippen LogP) is 3.65. The van der Waals surface area contributed by atoms with Gasteiger partial charge in [-0.1, -0.05) is 25.4 Å². The van der Waals surface area contributed by atoms with Gasteiger partial charge in [-0.3, -0.25) is 9.78 Å². The number of amides is 1. The highest BCUT2D eigenvalue weighted by molar-refractivity contribution is 7.89. The van der Waals surface area contributed by atoms with Crippen LogP contribution in [0.15, 0.2) is 47.6 Å². The van der Waals surface area contributed by atoms with Crippen molar-refractivity contribution in [3.8, 4) is 0 Å². The molecule has 1 aliphatic rings. The molecule has 1 aromatic heterocycles. The SMILES string of the molecule is C[C@@H]1C[C@@H](C)CN(S(=O)(=O)c2ccc(Cl)c(C(=O)Nc3ccncc3)c2)C1. The van der Waals surface area contributed by atoms with Crippen molar-refractivity contribution in [2.45, 2.75) is 25.2 Å². The molecule has 1 amide bonds. The molecular weight excluding hydrogens is 386 g/mol. The van der Waals surface area contributed by atoms with Crippen molar-refractivity contribution >= 4 is 33.2 Å². The standard InChI is InChI=1S/C19H22ClN3O3S/c1-13-9-14(2)12-23(11-13)27(25,26)16-3-4-18(20)17(10-16)19(24)22-15-5-7-21-8-6-15/h3-8,10,13-14H,9,11-12H2,1-2H3,(H,21,22,24)/t13-,14-/m1/s1. The Balaban J connectivity index is 1.89. The van der Waals surface area contributed by atoms with E-state index in [1.165, 1.54) is 22.5 Å². The van der Waals surface area contributed by atoms with Gasteiger partial charge in [0, 0.05) is 31.2 Å². The number of benzene rings is 1. The predicted molar refractivity (Wildman–Crippen MR) is 105 cm³/mol. The highest BCUT2D eigenvalue weighted by Crippen LogP contribution is 2.29. The van der Waals surface area contributed by atoms with Crippen LogP contribution in [0.5, 0.6) is 0 Å². The van der Waals surface area contributed by atoms with Crippen LogP contribution in [0.3, 0.4) is 0 Å². The summed E-state index contributed by atoms with van der Waals surface area (Å²) in [5.41, 5.74) is 0.672. The average molecular weight is 408 g/mol. The molecule has 1 aliphatic heterocycles. The van der Waals surface area contributed by atoms with Gasteiger partial charge in [-0.05, 0) is 48.6 Å². The number of nitrogens with one attached hydrogen (secondary N) is 1. The van der Waals surface area contributed by atoms with Crippen molar-refractivity contribution in [1.82, 2.24) is 9.29 Å². The van der Waals surface area contributed by atoms with Gasteiger partial charge in [0.05, 0.1) is 15.5 Å². The third kappa shape index (κ3) is 4.48. The Labute approximate surface area is 164 Å². The zero-order chi connectivity index (χ0) is 19.6. The third-order valence-electron chi connectivity index (χ3n) is 4.59. The summed E-state index contributed by atoms with van der Waals surface area (Å²) in [5, 5.41) is 2.89. The van der Waals surface area contributed by atoms with E-state index in [2.05, 4.69) is 10.3 Å². The number of hydrogen-bond donors (Lipinski definition) is 1. The van der Waals surface area contributed by atoms with Crippen molar-refractivity contribution in [3.63, 3.8) is 0 Å². The second-order valence-corrected chi connectivity index (χ2v) is 9.44. The van der Waals surface area contributed by atoms with Gasteiger partial charge >= 0.3 is 0 Å². The molecule has 0 saturated carbocycles. The summed E-state index contributed by atoms with van der Waals surface area (Å²) in [6.07, 6.45) is 4.11. The molecular formula is C19H22ClN3O3S. The summed E-state index contributed by atoms with van der Waals surface area (Å²) in [4.78, 5) is 16.5. The van der Waals surface area contributed by atoms with Crippen LogP contribution in [0.4, 0.5) is 5.69 Å². The minimum atomic E-state index is -3.69. The Morgan fingerprint density at radius 2 is 1.78 bits per heavy atom. The number of sulfonamides is 1. The summed E-state index contributed by atoms with van der Waals surface area (Å²) in [6, 6.07) is 7.53. The first-order chi connectivity index (χ1) is 12.8. The molecule has 1 N–H and O–H groups in total. The van der Waals surface area contributed by atoms with E-state index >= 15 is 0 Å². The molecule has 0 aliphatic carbocycles. The fraction of sp³-hybridized carbons (Fsp3) is 0.368. The van der Waals surface area contributed by atoms with Gasteiger partial charge in [-0.2, -0.15) is 4.31 Å². The molecule has 2 heterocycles. The van der Waals surface area contributed by atoms with Crippen molar-refractivity contribution in [3.05, 3.63) is 53.3 Å². The molecule has 0 radical (unpaired) electrons. The van der Waals surface area contributed by atoms with Gasteiger partial charge in [-0.25, -0.2) is 8.42 Å². The minimum absolute atomic E-state index is 0.0769. The van der Waals surface area contributed by atoms with Gasteiger partial charge in [0.2, 0.25) is 10.0 Å². The largest absolute Gasteiger partial charge is 0.322 e. The van der Waals surface area contributed by atoms with Crippen molar-refractivity contribution in [1.29, 1.82) is 0 Å². The lowest BCUT2D eigenvalue weighted by Crippen LogP contribution is -2.42. The normalized spacial score (nSPS) is 21.0. The van der Waals surface area contributed by atoms with E-state index in [9.17, 15) is 13.2 Å². The molecule has 1 fully saturated rings. The number of aromatic nitrogens is 1. The Morgan fingerprint density at radius 3 is 2.41 bits per heavy atom. The third-order valence-corrected chi connectivity index (χ3v) is 6.75. The van der Waals surface area contributed by atoms with E-state index in [0.717, 1.165) is 6.42 Å². The molecule has 144 valence electrons. The Kier molecular flexibility index (Phi) is 5.83. The Morgan fingerprint density at radius 1 is 1.15 bits per heavy atom. The molecule has 1 saturated heterocycles. The van der Waals surface area contributed by atoms with E-state index in [1.54, 1.807) is 24.5 Å². The molecule has 8 heteroatoms. The number of halogens is 1. The molecule has 6 nitrogen and oxygen atoms in total. The lowest BCUT2D eigenvalue weighted by Gasteiger charge is -2.34. The van der Waals surface area contributed by atoms with Gasteiger partial charge in [-0.15, -0.1) is 0 Å². The Bertz CT molecular complexity index is 924. The number of anilines is 1. The molecule has 2 atom stereocenters. The van der Waals surface area contributed by atoms with E-state index in [1.807, 2.05) is 13.8 Å². The van der Waals surface area contributed by atoms with Gasteiger partial charge < -0.3 is 5.32 Å². The van der Waals surface area contributed by atoms with Crippen LogP contribution >= 0.6 is 11.6 Å². The Hall–Kier alpha value is -1.96. The molecule has 1 aromatic carbocycles. The first-order valence-corrected chi connectivity index (χ1v) is 10.6. The van der Waals surface area contributed by atoms with Crippen LogP contribution in [-0.2, 0) is 10.0 Å². The van der Waals surface area contributed by atoms with E-state index in [0.29, 0.717) is 30.6 Å². The minimum Gasteiger partial charge on any atom is -0.322 e. The topological polar surface area (TPSA) is 79.4 Å². The summed E-state index contributed by atoms with van der Waals surface area (Å²) in [6.45, 7) is 5.06. The molecule has 2 aromatic rings. The molecule has 27 heavy (non-hydrogen) atoms. The maximum Gasteiger partial charge on any atom is 0.257 e. The highest BCUT2D eigenvalue weighted by Gasteiger charge is 2.32. The maximum absolute atomic E-state index is 13.1. The van der Waals surface area contributed by atoms with E-state index in [-0.39, 0.29) is 15.5 Å². The molecule has 0 unspecified atom stereocenters. The number of carbonyl (C=O) groups excluding carboxylic acids is 1. The van der Waals surface area contributed by atoms with Crippen LogP contribution in [0.25, 0.3) is 0 Å². The van der Waals surface area contributed by atoms with Crippen molar-refractivity contribution < 1.29 is 13.2 Å². The second-order valence-electron chi connectivity index (χ2n) is 7.10. The van der Waals surface area contributed by atoms with Crippen molar-refractivity contribution in [2.75, 3.05) is 18.4 Å². The number of piperidine rings is 1. The van der Waals surface area contributed by atoms with Gasteiger partial charge in [0.25, 0.3) is 5.91 Å². The summed E-state index contributed by atoms with van der Waals surface area (Å²) in [7, 11) is -3.69. The zero-order valence-electron chi connectivity index (χ0n) is 15.2. The number of carbonyl (C=O) groups is 1. The van der Waals surface area contributed by atoms with Crippen LogP contribution < -0.4 is 5.32 Å². The van der Waals surface area contributed by atoms with Crippen LogP contribution in [0.2, 0.25) is 5.02 Å². The number of hydrogen-bond acceptors (Lipinski definition) is 4. The monoisotopic (exact) mass is 407 g/mol. The fourth-order valence-corrected chi connectivity index (χ4v) is 5.33. The second kappa shape index (κ2) is 7.96. The van der Waals surface area contributed by atoms with Crippen LogP contribution in [0, 0.1) is 11.8 Å². The first-order valence-electron chi connectivity index (χ1n) is 8.78. The molecule has 0 spiro atoms. The number of nitrogens with zero attached hydrogens (tertiary/aromatic N) is 2. The van der Waals surface area contributed by atoms with Gasteiger partial charge in [0.15, 0.2) is 0 Å². The lowest BCUT2D eigenvalue weighted by atomic mass is 9.94. The summed E-state index contributed by atoms with van der Waals surface area (Å²) in [5.74, 6) is 0.124. The fourth-order valence-electron chi connectivity index (χ4n) is 3.42. The summed E-state index contributed by atoms with van der Waals surface area (Å²) >= 11 is 6.16. The lowest BCUT2D eigenvalue weighted by molar-refractivity contribution is 0.102.